The number of thiazole rings is 1. The van der Waals surface area contributed by atoms with Gasteiger partial charge in [-0.25, -0.2) is 9.97 Å². The average Bonchev–Trinajstić information content (AvgIpc) is 3.00. The smallest absolute Gasteiger partial charge is 0.251 e. The first-order valence-electron chi connectivity index (χ1n) is 7.06. The molecular weight excluding hydrogens is 284 g/mol. The van der Waals surface area contributed by atoms with Crippen LogP contribution in [0.15, 0.2) is 18.3 Å². The highest BCUT2D eigenvalue weighted by molar-refractivity contribution is 7.11. The number of amides is 1. The lowest BCUT2D eigenvalue weighted by Gasteiger charge is -2.08. The molecule has 21 heavy (non-hydrogen) atoms. The molecule has 6 heteroatoms. The molecule has 2 N–H and O–H groups in total. The fraction of sp³-hybridized carbons (Fsp3) is 0.400. The zero-order valence-electron chi connectivity index (χ0n) is 12.6. The van der Waals surface area contributed by atoms with E-state index in [1.54, 1.807) is 24.5 Å². The maximum atomic E-state index is 12.2. The van der Waals surface area contributed by atoms with Gasteiger partial charge in [0.05, 0.1) is 6.54 Å². The van der Waals surface area contributed by atoms with Gasteiger partial charge in [-0.1, -0.05) is 13.8 Å². The molecule has 0 aliphatic heterocycles. The van der Waals surface area contributed by atoms with Crippen molar-refractivity contribution in [3.63, 3.8) is 0 Å². The summed E-state index contributed by atoms with van der Waals surface area (Å²) in [5.74, 6) is 0.610. The highest BCUT2D eigenvalue weighted by atomic mass is 32.1. The Morgan fingerprint density at radius 1 is 1.29 bits per heavy atom. The fourth-order valence-corrected chi connectivity index (χ4v) is 2.68. The van der Waals surface area contributed by atoms with Gasteiger partial charge in [-0.2, -0.15) is 0 Å². The molecule has 2 aromatic rings. The number of hydrogen-bond acceptors (Lipinski definition) is 5. The minimum atomic E-state index is -0.100. The summed E-state index contributed by atoms with van der Waals surface area (Å²) in [6.07, 6.45) is 3.64. The molecule has 0 unspecified atom stereocenters. The summed E-state index contributed by atoms with van der Waals surface area (Å²) in [7, 11) is 1.80. The van der Waals surface area contributed by atoms with Crippen LogP contribution in [-0.2, 0) is 19.4 Å². The first-order chi connectivity index (χ1) is 10.2. The maximum absolute atomic E-state index is 12.2. The van der Waals surface area contributed by atoms with Crippen molar-refractivity contribution in [2.75, 3.05) is 12.4 Å². The van der Waals surface area contributed by atoms with Crippen molar-refractivity contribution in [1.82, 2.24) is 15.3 Å². The first-order valence-corrected chi connectivity index (χ1v) is 7.88. The Morgan fingerprint density at radius 3 is 2.71 bits per heavy atom. The molecule has 0 aliphatic rings. The number of nitrogens with one attached hydrogen (secondary N) is 2. The lowest BCUT2D eigenvalue weighted by molar-refractivity contribution is 0.0950. The van der Waals surface area contributed by atoms with Crippen molar-refractivity contribution in [3.05, 3.63) is 39.5 Å². The van der Waals surface area contributed by atoms with E-state index >= 15 is 0 Å². The van der Waals surface area contributed by atoms with Gasteiger partial charge in [0.1, 0.15) is 10.8 Å². The first kappa shape index (κ1) is 15.4. The second kappa shape index (κ2) is 7.17. The highest BCUT2D eigenvalue weighted by Gasteiger charge is 2.10. The lowest BCUT2D eigenvalue weighted by Crippen LogP contribution is -2.23. The Labute approximate surface area is 128 Å². The molecule has 2 rings (SSSR count). The third-order valence-corrected chi connectivity index (χ3v) is 4.25. The van der Waals surface area contributed by atoms with Crippen LogP contribution >= 0.6 is 11.3 Å². The summed E-state index contributed by atoms with van der Waals surface area (Å²) in [5.41, 5.74) is 1.52. The van der Waals surface area contributed by atoms with Crippen molar-refractivity contribution >= 4 is 23.1 Å². The molecule has 0 fully saturated rings. The maximum Gasteiger partial charge on any atom is 0.251 e. The van der Waals surface area contributed by atoms with Crippen LogP contribution in [0, 0.1) is 0 Å². The van der Waals surface area contributed by atoms with Gasteiger partial charge in [-0.05, 0) is 25.0 Å². The van der Waals surface area contributed by atoms with E-state index in [1.165, 1.54) is 4.88 Å². The summed E-state index contributed by atoms with van der Waals surface area (Å²) >= 11 is 1.63. The number of carbonyl (C=O) groups is 1. The molecule has 2 heterocycles. The summed E-state index contributed by atoms with van der Waals surface area (Å²) in [5, 5.41) is 6.82. The Bertz CT molecular complexity index is 602. The monoisotopic (exact) mass is 304 g/mol. The van der Waals surface area contributed by atoms with Gasteiger partial charge in [0.15, 0.2) is 0 Å². The number of rotatable bonds is 6. The fourth-order valence-electron chi connectivity index (χ4n) is 1.88. The van der Waals surface area contributed by atoms with Crippen molar-refractivity contribution in [2.45, 2.75) is 33.2 Å². The van der Waals surface area contributed by atoms with Gasteiger partial charge >= 0.3 is 0 Å². The van der Waals surface area contributed by atoms with Gasteiger partial charge < -0.3 is 10.6 Å². The van der Waals surface area contributed by atoms with Crippen molar-refractivity contribution < 1.29 is 4.79 Å². The van der Waals surface area contributed by atoms with E-state index in [1.807, 2.05) is 19.2 Å². The van der Waals surface area contributed by atoms with Crippen LogP contribution in [0.5, 0.6) is 0 Å². The molecule has 0 saturated heterocycles. The molecule has 1 amide bonds. The molecular formula is C15H20N4OS. The largest absolute Gasteiger partial charge is 0.373 e. The Hall–Kier alpha value is -1.95. The van der Waals surface area contributed by atoms with Crippen LogP contribution in [0.4, 0.5) is 5.82 Å². The Balaban J connectivity index is 2.05. The van der Waals surface area contributed by atoms with Crippen LogP contribution in [0.2, 0.25) is 0 Å². The van der Waals surface area contributed by atoms with E-state index < -0.39 is 0 Å². The SMILES string of the molecule is CCc1cc(C(=O)NCc2ncc(CC)s2)cc(NC)n1. The molecule has 0 aliphatic carbocycles. The minimum Gasteiger partial charge on any atom is -0.373 e. The van der Waals surface area contributed by atoms with Gasteiger partial charge in [-0.3, -0.25) is 4.79 Å². The third kappa shape index (κ3) is 4.01. The standard InChI is InChI=1S/C15H20N4OS/c1-4-11-6-10(7-13(16-3)19-11)15(20)18-9-14-17-8-12(5-2)21-14/h6-8H,4-5,9H2,1-3H3,(H,16,19)(H,18,20). The molecule has 2 aromatic heterocycles. The van der Waals surface area contributed by atoms with E-state index in [0.29, 0.717) is 17.9 Å². The third-order valence-electron chi connectivity index (χ3n) is 3.11. The van der Waals surface area contributed by atoms with E-state index in [2.05, 4.69) is 27.5 Å². The van der Waals surface area contributed by atoms with Gasteiger partial charge in [0.2, 0.25) is 0 Å². The summed E-state index contributed by atoms with van der Waals surface area (Å²) in [6.45, 7) is 4.58. The number of anilines is 1. The second-order valence-corrected chi connectivity index (χ2v) is 5.79. The summed E-state index contributed by atoms with van der Waals surface area (Å²) in [6, 6.07) is 3.59. The molecule has 0 radical (unpaired) electrons. The number of hydrogen-bond donors (Lipinski definition) is 2. The van der Waals surface area contributed by atoms with Gasteiger partial charge in [0.25, 0.3) is 5.91 Å². The Morgan fingerprint density at radius 2 is 2.10 bits per heavy atom. The van der Waals surface area contributed by atoms with Crippen molar-refractivity contribution in [1.29, 1.82) is 0 Å². The molecule has 0 aromatic carbocycles. The molecule has 112 valence electrons. The number of aromatic nitrogens is 2. The quantitative estimate of drug-likeness (QED) is 0.861. The summed E-state index contributed by atoms with van der Waals surface area (Å²) in [4.78, 5) is 22.2. The zero-order valence-corrected chi connectivity index (χ0v) is 13.4. The second-order valence-electron chi connectivity index (χ2n) is 4.59. The minimum absolute atomic E-state index is 0.100. The number of carbonyl (C=O) groups excluding carboxylic acids is 1. The van der Waals surface area contributed by atoms with Gasteiger partial charge in [-0.15, -0.1) is 11.3 Å². The predicted molar refractivity (Wildman–Crippen MR) is 85.8 cm³/mol. The van der Waals surface area contributed by atoms with Crippen LogP contribution in [0.3, 0.4) is 0 Å². The van der Waals surface area contributed by atoms with Crippen LogP contribution in [0.1, 0.15) is 39.8 Å². The van der Waals surface area contributed by atoms with Crippen LogP contribution in [-0.4, -0.2) is 22.9 Å². The van der Waals surface area contributed by atoms with E-state index in [9.17, 15) is 4.79 Å². The highest BCUT2D eigenvalue weighted by Crippen LogP contribution is 2.14. The molecule has 0 atom stereocenters. The van der Waals surface area contributed by atoms with Crippen molar-refractivity contribution in [2.24, 2.45) is 0 Å². The van der Waals surface area contributed by atoms with Gasteiger partial charge in [0, 0.05) is 29.4 Å². The van der Waals surface area contributed by atoms with E-state index in [-0.39, 0.29) is 5.91 Å². The lowest BCUT2D eigenvalue weighted by atomic mass is 10.2. The summed E-state index contributed by atoms with van der Waals surface area (Å²) < 4.78 is 0. The zero-order chi connectivity index (χ0) is 15.2. The van der Waals surface area contributed by atoms with Crippen molar-refractivity contribution in [3.8, 4) is 0 Å². The normalized spacial score (nSPS) is 10.4. The molecule has 0 saturated carbocycles. The van der Waals surface area contributed by atoms with Crippen LogP contribution < -0.4 is 10.6 Å². The van der Waals surface area contributed by atoms with Crippen LogP contribution in [0.25, 0.3) is 0 Å². The topological polar surface area (TPSA) is 66.9 Å². The predicted octanol–water partition coefficient (Wildman–Crippen LogP) is 2.63. The average molecular weight is 304 g/mol. The Kier molecular flexibility index (Phi) is 5.27. The number of pyridine rings is 1. The van der Waals surface area contributed by atoms with E-state index in [4.69, 9.17) is 0 Å². The molecule has 0 bridgehead atoms. The number of aryl methyl sites for hydroxylation is 2. The van der Waals surface area contributed by atoms with E-state index in [0.717, 1.165) is 23.5 Å². The molecule has 0 spiro atoms. The number of nitrogens with zero attached hydrogens (tertiary/aromatic N) is 2. The molecule has 5 nitrogen and oxygen atoms in total.